The lowest BCUT2D eigenvalue weighted by atomic mass is 10.1. The van der Waals surface area contributed by atoms with Crippen molar-refractivity contribution in [2.75, 3.05) is 11.1 Å². The second-order valence-corrected chi connectivity index (χ2v) is 8.73. The summed E-state index contributed by atoms with van der Waals surface area (Å²) in [5.41, 5.74) is 4.28. The molecular weight excluding hydrogens is 416 g/mol. The van der Waals surface area contributed by atoms with E-state index in [1.807, 2.05) is 61.5 Å². The Balaban J connectivity index is 1.27. The summed E-state index contributed by atoms with van der Waals surface area (Å²) < 4.78 is 0. The number of fused-ring (bicyclic) bond motifs is 3. The van der Waals surface area contributed by atoms with Gasteiger partial charge in [0.15, 0.2) is 10.8 Å². The molecule has 0 aliphatic carbocycles. The Bertz CT molecular complexity index is 1360. The summed E-state index contributed by atoms with van der Waals surface area (Å²) in [6.07, 6.45) is 0. The predicted molar refractivity (Wildman–Crippen MR) is 121 cm³/mol. The minimum absolute atomic E-state index is 0.159. The maximum atomic E-state index is 12.4. The number of benzene rings is 2. The third-order valence-corrected chi connectivity index (χ3v) is 6.25. The largest absolute Gasteiger partial charge is 0.338 e. The molecule has 3 aromatic heterocycles. The molecule has 0 aliphatic rings. The number of carbonyl (C=O) groups is 1. The van der Waals surface area contributed by atoms with Gasteiger partial charge in [0.1, 0.15) is 5.52 Å². The van der Waals surface area contributed by atoms with Crippen LogP contribution >= 0.6 is 23.1 Å². The maximum Gasteiger partial charge on any atom is 0.236 e. The number of nitrogens with zero attached hydrogens (tertiary/aromatic N) is 4. The molecule has 7 nitrogen and oxygen atoms in total. The fraction of sp³-hybridized carbons (Fsp3) is 0.0952. The number of H-pyrrole nitrogens is 1. The van der Waals surface area contributed by atoms with Crippen LogP contribution < -0.4 is 5.32 Å². The number of nitrogens with one attached hydrogen (secondary N) is 2. The first-order valence-corrected chi connectivity index (χ1v) is 11.0. The van der Waals surface area contributed by atoms with E-state index in [9.17, 15) is 4.79 Å². The molecule has 30 heavy (non-hydrogen) atoms. The Kier molecular flexibility index (Phi) is 4.89. The molecule has 5 aromatic rings. The first-order valence-electron chi connectivity index (χ1n) is 9.24. The fourth-order valence-electron chi connectivity index (χ4n) is 3.17. The van der Waals surface area contributed by atoms with Gasteiger partial charge in [-0.2, -0.15) is 0 Å². The van der Waals surface area contributed by atoms with Gasteiger partial charge < -0.3 is 10.3 Å². The Labute approximate surface area is 180 Å². The van der Waals surface area contributed by atoms with Crippen molar-refractivity contribution in [3.8, 4) is 11.3 Å². The molecule has 0 spiro atoms. The molecule has 2 N–H and O–H groups in total. The lowest BCUT2D eigenvalue weighted by molar-refractivity contribution is -0.113. The second kappa shape index (κ2) is 7.85. The molecule has 0 saturated heterocycles. The summed E-state index contributed by atoms with van der Waals surface area (Å²) in [6.45, 7) is 2.00. The minimum atomic E-state index is -0.159. The van der Waals surface area contributed by atoms with Crippen LogP contribution in [0.25, 0.3) is 33.3 Å². The van der Waals surface area contributed by atoms with Crippen molar-refractivity contribution in [2.24, 2.45) is 0 Å². The molecular formula is C21H16N6OS2. The van der Waals surface area contributed by atoms with Crippen molar-refractivity contribution in [2.45, 2.75) is 12.1 Å². The standard InChI is InChI=1S/C21H16N6OS2/c1-12-17(13-7-3-2-4-8-13)24-20(30-12)23-16(28)11-29-21-25-19-18(26-27-21)14-9-5-6-10-15(14)22-19/h2-10H,11H2,1H3,(H,22,25,27)(H,23,24,28). The van der Waals surface area contributed by atoms with Crippen LogP contribution in [-0.2, 0) is 4.79 Å². The van der Waals surface area contributed by atoms with Crippen LogP contribution in [0.1, 0.15) is 4.88 Å². The van der Waals surface area contributed by atoms with Crippen LogP contribution in [-0.4, -0.2) is 36.8 Å². The van der Waals surface area contributed by atoms with E-state index in [-0.39, 0.29) is 11.7 Å². The van der Waals surface area contributed by atoms with E-state index in [2.05, 4.69) is 30.5 Å². The summed E-state index contributed by atoms with van der Waals surface area (Å²) in [5, 5.41) is 13.3. The first-order chi connectivity index (χ1) is 14.7. The number of thiazole rings is 1. The van der Waals surface area contributed by atoms with Gasteiger partial charge in [-0.05, 0) is 13.0 Å². The molecule has 0 saturated carbocycles. The molecule has 3 heterocycles. The van der Waals surface area contributed by atoms with Crippen molar-refractivity contribution in [3.63, 3.8) is 0 Å². The van der Waals surface area contributed by atoms with Gasteiger partial charge in [-0.3, -0.25) is 4.79 Å². The van der Waals surface area contributed by atoms with E-state index < -0.39 is 0 Å². The first kappa shape index (κ1) is 18.7. The highest BCUT2D eigenvalue weighted by atomic mass is 32.2. The van der Waals surface area contributed by atoms with E-state index >= 15 is 0 Å². The molecule has 0 unspecified atom stereocenters. The SMILES string of the molecule is Cc1sc(NC(=O)CSc2nnc3c(n2)[nH]c2ccccc23)nc1-c1ccccc1. The number of aryl methyl sites for hydroxylation is 1. The lowest BCUT2D eigenvalue weighted by Crippen LogP contribution is -2.14. The third kappa shape index (κ3) is 3.64. The molecule has 0 atom stereocenters. The average Bonchev–Trinajstić information content (AvgIpc) is 3.32. The zero-order valence-electron chi connectivity index (χ0n) is 15.9. The molecule has 0 fully saturated rings. The lowest BCUT2D eigenvalue weighted by Gasteiger charge is -2.01. The molecule has 0 aliphatic heterocycles. The van der Waals surface area contributed by atoms with Crippen LogP contribution in [0, 0.1) is 6.92 Å². The van der Waals surface area contributed by atoms with Crippen molar-refractivity contribution < 1.29 is 4.79 Å². The number of hydrogen-bond donors (Lipinski definition) is 2. The van der Waals surface area contributed by atoms with Gasteiger partial charge in [0.2, 0.25) is 11.1 Å². The highest BCUT2D eigenvalue weighted by Gasteiger charge is 2.14. The van der Waals surface area contributed by atoms with E-state index in [0.29, 0.717) is 15.9 Å². The zero-order valence-corrected chi connectivity index (χ0v) is 17.5. The average molecular weight is 433 g/mol. The Morgan fingerprint density at radius 3 is 2.73 bits per heavy atom. The highest BCUT2D eigenvalue weighted by Crippen LogP contribution is 2.30. The summed E-state index contributed by atoms with van der Waals surface area (Å²) in [6, 6.07) is 17.8. The van der Waals surface area contributed by atoms with Gasteiger partial charge in [0.25, 0.3) is 0 Å². The quantitative estimate of drug-likeness (QED) is 0.392. The van der Waals surface area contributed by atoms with Crippen molar-refractivity contribution in [3.05, 3.63) is 59.5 Å². The van der Waals surface area contributed by atoms with Crippen molar-refractivity contribution in [1.82, 2.24) is 25.1 Å². The molecule has 9 heteroatoms. The van der Waals surface area contributed by atoms with Gasteiger partial charge >= 0.3 is 0 Å². The molecule has 5 rings (SSSR count). The highest BCUT2D eigenvalue weighted by molar-refractivity contribution is 7.99. The number of carbonyl (C=O) groups excluding carboxylic acids is 1. The number of para-hydroxylation sites is 1. The van der Waals surface area contributed by atoms with Crippen LogP contribution in [0.4, 0.5) is 5.13 Å². The van der Waals surface area contributed by atoms with Crippen molar-refractivity contribution in [1.29, 1.82) is 0 Å². The van der Waals surface area contributed by atoms with Crippen LogP contribution in [0.2, 0.25) is 0 Å². The maximum absolute atomic E-state index is 12.4. The number of aromatic amines is 1. The number of rotatable bonds is 5. The van der Waals surface area contributed by atoms with E-state index in [1.54, 1.807) is 0 Å². The van der Waals surface area contributed by atoms with E-state index in [0.717, 1.165) is 32.6 Å². The zero-order chi connectivity index (χ0) is 20.5. The predicted octanol–water partition coefficient (Wildman–Crippen LogP) is 4.67. The summed E-state index contributed by atoms with van der Waals surface area (Å²) >= 11 is 2.70. The monoisotopic (exact) mass is 432 g/mol. The normalized spacial score (nSPS) is 11.2. The van der Waals surface area contributed by atoms with Gasteiger partial charge in [0.05, 0.1) is 11.4 Å². The van der Waals surface area contributed by atoms with E-state index in [1.165, 1.54) is 23.1 Å². The minimum Gasteiger partial charge on any atom is -0.338 e. The van der Waals surface area contributed by atoms with Crippen LogP contribution in [0.15, 0.2) is 59.8 Å². The van der Waals surface area contributed by atoms with Gasteiger partial charge in [-0.1, -0.05) is 60.3 Å². The smallest absolute Gasteiger partial charge is 0.236 e. The molecule has 0 bridgehead atoms. The number of hydrogen-bond acceptors (Lipinski definition) is 7. The van der Waals surface area contributed by atoms with Gasteiger partial charge in [-0.25, -0.2) is 9.97 Å². The summed E-state index contributed by atoms with van der Waals surface area (Å²) in [4.78, 5) is 25.7. The van der Waals surface area contributed by atoms with E-state index in [4.69, 9.17) is 0 Å². The number of thioether (sulfide) groups is 1. The third-order valence-electron chi connectivity index (χ3n) is 4.53. The fourth-order valence-corrected chi connectivity index (χ4v) is 4.60. The second-order valence-electron chi connectivity index (χ2n) is 6.59. The Morgan fingerprint density at radius 2 is 1.87 bits per heavy atom. The Morgan fingerprint density at radius 1 is 1.07 bits per heavy atom. The Hall–Kier alpha value is -3.30. The number of amides is 1. The molecule has 2 aromatic carbocycles. The van der Waals surface area contributed by atoms with Crippen molar-refractivity contribution >= 4 is 56.2 Å². The van der Waals surface area contributed by atoms with Crippen LogP contribution in [0.5, 0.6) is 0 Å². The topological polar surface area (TPSA) is 96.5 Å². The summed E-state index contributed by atoms with van der Waals surface area (Å²) in [5.74, 6) is 0.0147. The van der Waals surface area contributed by atoms with Gasteiger partial charge in [-0.15, -0.1) is 21.5 Å². The van der Waals surface area contributed by atoms with Gasteiger partial charge in [0, 0.05) is 21.3 Å². The number of anilines is 1. The van der Waals surface area contributed by atoms with Crippen LogP contribution in [0.3, 0.4) is 0 Å². The molecule has 148 valence electrons. The number of aromatic nitrogens is 5. The molecule has 0 radical (unpaired) electrons. The molecule has 1 amide bonds. The summed E-state index contributed by atoms with van der Waals surface area (Å²) in [7, 11) is 0.